The molecule has 4 rings (SSSR count). The van der Waals surface area contributed by atoms with E-state index in [1.165, 1.54) is 30.4 Å². The first-order chi connectivity index (χ1) is 10.3. The third kappa shape index (κ3) is 2.11. The first kappa shape index (κ1) is 12.8. The van der Waals surface area contributed by atoms with Crippen molar-refractivity contribution < 1.29 is 0 Å². The molecule has 0 bridgehead atoms. The van der Waals surface area contributed by atoms with Crippen LogP contribution < -0.4 is 0 Å². The summed E-state index contributed by atoms with van der Waals surface area (Å²) in [7, 11) is 0. The predicted molar refractivity (Wildman–Crippen MR) is 86.6 cm³/mol. The first-order valence-corrected chi connectivity index (χ1v) is 7.72. The molecule has 0 spiro atoms. The van der Waals surface area contributed by atoms with Crippen molar-refractivity contribution in [3.05, 3.63) is 59.2 Å². The zero-order valence-corrected chi connectivity index (χ0v) is 12.3. The van der Waals surface area contributed by atoms with E-state index in [2.05, 4.69) is 40.5 Å². The Balaban J connectivity index is 1.97. The van der Waals surface area contributed by atoms with E-state index in [9.17, 15) is 0 Å². The van der Waals surface area contributed by atoms with Crippen molar-refractivity contribution in [2.24, 2.45) is 0 Å². The average Bonchev–Trinajstić information content (AvgIpc) is 2.47. The van der Waals surface area contributed by atoms with E-state index < -0.39 is 0 Å². The second-order valence-corrected chi connectivity index (χ2v) is 5.96. The fraction of sp³-hybridized carbons (Fsp3) is 0.222. The lowest BCUT2D eigenvalue weighted by molar-refractivity contribution is 0.420. The van der Waals surface area contributed by atoms with Crippen molar-refractivity contribution in [3.8, 4) is 11.3 Å². The Morgan fingerprint density at radius 3 is 2.33 bits per heavy atom. The van der Waals surface area contributed by atoms with E-state index >= 15 is 0 Å². The molecule has 2 aromatic carbocycles. The molecule has 104 valence electrons. The highest BCUT2D eigenvalue weighted by molar-refractivity contribution is 6.34. The Hall–Kier alpha value is -1.93. The number of hydrogen-bond acceptors (Lipinski definition) is 2. The van der Waals surface area contributed by atoms with Crippen LogP contribution in [-0.4, -0.2) is 10.2 Å². The monoisotopic (exact) mass is 294 g/mol. The van der Waals surface area contributed by atoms with Gasteiger partial charge in [-0.1, -0.05) is 66.6 Å². The topological polar surface area (TPSA) is 25.8 Å². The summed E-state index contributed by atoms with van der Waals surface area (Å²) >= 11 is 6.18. The smallest absolute Gasteiger partial charge is 0.148 e. The summed E-state index contributed by atoms with van der Waals surface area (Å²) in [4.78, 5) is 0. The Morgan fingerprint density at radius 2 is 1.57 bits per heavy atom. The minimum atomic E-state index is 0.468. The van der Waals surface area contributed by atoms with Crippen molar-refractivity contribution in [2.75, 3.05) is 0 Å². The highest BCUT2D eigenvalue weighted by atomic mass is 35.5. The highest BCUT2D eigenvalue weighted by Gasteiger charge is 2.23. The summed E-state index contributed by atoms with van der Waals surface area (Å²) in [5.41, 5.74) is 3.53. The number of fused-ring (bicyclic) bond motifs is 1. The van der Waals surface area contributed by atoms with Gasteiger partial charge in [0, 0.05) is 16.3 Å². The molecule has 0 radical (unpaired) electrons. The van der Waals surface area contributed by atoms with Gasteiger partial charge in [0.05, 0.1) is 0 Å². The quantitative estimate of drug-likeness (QED) is 0.648. The van der Waals surface area contributed by atoms with Crippen LogP contribution in [-0.2, 0) is 0 Å². The van der Waals surface area contributed by atoms with Gasteiger partial charge in [-0.25, -0.2) is 0 Å². The molecule has 1 heterocycles. The van der Waals surface area contributed by atoms with Gasteiger partial charge >= 0.3 is 0 Å². The van der Waals surface area contributed by atoms with Crippen LogP contribution in [0.3, 0.4) is 0 Å². The van der Waals surface area contributed by atoms with E-state index in [1.54, 1.807) is 0 Å². The predicted octanol–water partition coefficient (Wildman–Crippen LogP) is 5.22. The van der Waals surface area contributed by atoms with Crippen LogP contribution in [0.1, 0.15) is 30.7 Å². The molecular formula is C18H15ClN2. The Morgan fingerprint density at radius 1 is 0.857 bits per heavy atom. The number of halogens is 1. The summed E-state index contributed by atoms with van der Waals surface area (Å²) in [6, 6.07) is 16.6. The second kappa shape index (κ2) is 5.12. The van der Waals surface area contributed by atoms with Crippen molar-refractivity contribution in [2.45, 2.75) is 25.2 Å². The van der Waals surface area contributed by atoms with Gasteiger partial charge in [0.2, 0.25) is 0 Å². The molecule has 0 N–H and O–H groups in total. The van der Waals surface area contributed by atoms with Gasteiger partial charge < -0.3 is 0 Å². The molecule has 2 nitrogen and oxygen atoms in total. The fourth-order valence-corrected chi connectivity index (χ4v) is 3.26. The molecular weight excluding hydrogens is 280 g/mol. The lowest BCUT2D eigenvalue weighted by atomic mass is 9.77. The Kier molecular flexibility index (Phi) is 3.12. The minimum absolute atomic E-state index is 0.468. The molecule has 3 heteroatoms. The van der Waals surface area contributed by atoms with Crippen LogP contribution >= 0.6 is 11.6 Å². The van der Waals surface area contributed by atoms with Gasteiger partial charge in [-0.15, -0.1) is 10.2 Å². The van der Waals surface area contributed by atoms with Crippen molar-refractivity contribution >= 4 is 22.4 Å². The molecule has 3 aromatic rings. The number of hydrogen-bond donors (Lipinski definition) is 0. The molecule has 0 amide bonds. The zero-order valence-electron chi connectivity index (χ0n) is 11.6. The SMILES string of the molecule is Clc1nnc(-c2ccccc2C2CCC2)c2ccccc12. The van der Waals surface area contributed by atoms with E-state index in [0.717, 1.165) is 16.5 Å². The van der Waals surface area contributed by atoms with Gasteiger partial charge in [0.15, 0.2) is 5.15 Å². The maximum Gasteiger partial charge on any atom is 0.159 e. The van der Waals surface area contributed by atoms with E-state index in [1.807, 2.05) is 18.2 Å². The normalized spacial score (nSPS) is 15.1. The molecule has 0 saturated heterocycles. The molecule has 0 atom stereocenters. The van der Waals surface area contributed by atoms with E-state index in [4.69, 9.17) is 11.6 Å². The fourth-order valence-electron chi connectivity index (χ4n) is 3.06. The summed E-state index contributed by atoms with van der Waals surface area (Å²) in [6.45, 7) is 0. The maximum atomic E-state index is 6.18. The van der Waals surface area contributed by atoms with Gasteiger partial charge in [-0.05, 0) is 24.3 Å². The van der Waals surface area contributed by atoms with Gasteiger partial charge in [0.25, 0.3) is 0 Å². The molecule has 1 aliphatic rings. The van der Waals surface area contributed by atoms with Crippen molar-refractivity contribution in [3.63, 3.8) is 0 Å². The molecule has 1 saturated carbocycles. The zero-order chi connectivity index (χ0) is 14.2. The maximum absolute atomic E-state index is 6.18. The van der Waals surface area contributed by atoms with Crippen LogP contribution in [0.4, 0.5) is 0 Å². The summed E-state index contributed by atoms with van der Waals surface area (Å²) in [5.74, 6) is 0.664. The first-order valence-electron chi connectivity index (χ1n) is 7.35. The average molecular weight is 295 g/mol. The molecule has 1 aromatic heterocycles. The minimum Gasteiger partial charge on any atom is -0.148 e. The van der Waals surface area contributed by atoms with Gasteiger partial charge in [-0.2, -0.15) is 0 Å². The summed E-state index contributed by atoms with van der Waals surface area (Å²) in [5, 5.41) is 11.0. The number of benzene rings is 2. The largest absolute Gasteiger partial charge is 0.159 e. The lowest BCUT2D eigenvalue weighted by Gasteiger charge is -2.27. The number of rotatable bonds is 2. The second-order valence-electron chi connectivity index (χ2n) is 5.60. The van der Waals surface area contributed by atoms with Gasteiger partial charge in [0.1, 0.15) is 5.69 Å². The van der Waals surface area contributed by atoms with Crippen LogP contribution in [0.2, 0.25) is 5.15 Å². The number of aromatic nitrogens is 2. The van der Waals surface area contributed by atoms with Crippen LogP contribution in [0, 0.1) is 0 Å². The van der Waals surface area contributed by atoms with E-state index in [0.29, 0.717) is 11.1 Å². The summed E-state index contributed by atoms with van der Waals surface area (Å²) < 4.78 is 0. The molecule has 0 unspecified atom stereocenters. The third-order valence-corrected chi connectivity index (χ3v) is 4.68. The van der Waals surface area contributed by atoms with Crippen LogP contribution in [0.25, 0.3) is 22.0 Å². The standard InChI is InChI=1S/C18H15ClN2/c19-18-16-11-4-3-10-15(16)17(20-21-18)14-9-2-1-8-13(14)12-6-5-7-12/h1-4,8-12H,5-7H2. The van der Waals surface area contributed by atoms with Crippen molar-refractivity contribution in [1.29, 1.82) is 0 Å². The molecule has 1 fully saturated rings. The number of nitrogens with zero attached hydrogens (tertiary/aromatic N) is 2. The Labute approximate surface area is 128 Å². The van der Waals surface area contributed by atoms with E-state index in [-0.39, 0.29) is 0 Å². The van der Waals surface area contributed by atoms with Gasteiger partial charge in [-0.3, -0.25) is 0 Å². The molecule has 21 heavy (non-hydrogen) atoms. The Bertz CT molecular complexity index is 809. The van der Waals surface area contributed by atoms with Crippen molar-refractivity contribution in [1.82, 2.24) is 10.2 Å². The van der Waals surface area contributed by atoms with Crippen LogP contribution in [0.5, 0.6) is 0 Å². The van der Waals surface area contributed by atoms with Crippen LogP contribution in [0.15, 0.2) is 48.5 Å². The lowest BCUT2D eigenvalue weighted by Crippen LogP contribution is -2.10. The highest BCUT2D eigenvalue weighted by Crippen LogP contribution is 2.42. The third-order valence-electron chi connectivity index (χ3n) is 4.40. The molecule has 1 aliphatic carbocycles. The summed E-state index contributed by atoms with van der Waals surface area (Å²) in [6.07, 6.45) is 3.87. The molecule has 0 aliphatic heterocycles.